The van der Waals surface area contributed by atoms with Crippen molar-refractivity contribution in [1.29, 1.82) is 0 Å². The molecule has 0 saturated carbocycles. The Hall–Kier alpha value is -0.900. The fraction of sp³-hybridized carbons (Fsp3) is 0.647. The Morgan fingerprint density at radius 1 is 1.40 bits per heavy atom. The topological polar surface area (TPSA) is 30.5 Å². The first kappa shape index (κ1) is 15.5. The van der Waals surface area contributed by atoms with E-state index in [0.29, 0.717) is 6.04 Å². The summed E-state index contributed by atoms with van der Waals surface area (Å²) >= 11 is 0. The van der Waals surface area contributed by atoms with Gasteiger partial charge in [0, 0.05) is 19.3 Å². The lowest BCUT2D eigenvalue weighted by atomic mass is 9.92. The molecule has 0 bridgehead atoms. The van der Waals surface area contributed by atoms with Gasteiger partial charge >= 0.3 is 0 Å². The van der Waals surface area contributed by atoms with Gasteiger partial charge in [0.25, 0.3) is 0 Å². The van der Waals surface area contributed by atoms with Crippen molar-refractivity contribution in [3.63, 3.8) is 0 Å². The Kier molecular flexibility index (Phi) is 6.51. The summed E-state index contributed by atoms with van der Waals surface area (Å²) in [6.07, 6.45) is 4.57. The summed E-state index contributed by atoms with van der Waals surface area (Å²) in [6, 6.07) is 9.18. The van der Waals surface area contributed by atoms with Crippen LogP contribution >= 0.6 is 0 Å². The van der Waals surface area contributed by atoms with Crippen molar-refractivity contribution in [3.8, 4) is 0 Å². The molecule has 1 aliphatic heterocycles. The maximum absolute atomic E-state index is 5.99. The minimum atomic E-state index is 0.240. The van der Waals surface area contributed by atoms with Gasteiger partial charge in [-0.15, -0.1) is 0 Å². The molecule has 0 amide bonds. The summed E-state index contributed by atoms with van der Waals surface area (Å²) < 4.78 is 11.4. The first-order chi connectivity index (χ1) is 9.85. The Morgan fingerprint density at radius 3 is 3.05 bits per heavy atom. The van der Waals surface area contributed by atoms with Crippen molar-refractivity contribution < 1.29 is 9.47 Å². The monoisotopic (exact) mass is 277 g/mol. The molecular weight excluding hydrogens is 250 g/mol. The second kappa shape index (κ2) is 8.40. The summed E-state index contributed by atoms with van der Waals surface area (Å²) in [7, 11) is 2.04. The minimum Gasteiger partial charge on any atom is -0.382 e. The summed E-state index contributed by atoms with van der Waals surface area (Å²) in [5.41, 5.74) is 2.83. The third kappa shape index (κ3) is 4.30. The Balaban J connectivity index is 1.88. The molecule has 2 unspecified atom stereocenters. The minimum absolute atomic E-state index is 0.240. The average Bonchev–Trinajstić information content (AvgIpc) is 2.50. The fourth-order valence-electron chi connectivity index (χ4n) is 2.89. The van der Waals surface area contributed by atoms with E-state index in [1.165, 1.54) is 11.1 Å². The van der Waals surface area contributed by atoms with Gasteiger partial charge < -0.3 is 14.8 Å². The largest absolute Gasteiger partial charge is 0.382 e. The van der Waals surface area contributed by atoms with E-state index in [0.717, 1.165) is 45.5 Å². The molecule has 0 saturated heterocycles. The van der Waals surface area contributed by atoms with Crippen LogP contribution in [0, 0.1) is 0 Å². The molecule has 0 radical (unpaired) electrons. The van der Waals surface area contributed by atoms with Crippen LogP contribution in [0.25, 0.3) is 0 Å². The molecule has 2 atom stereocenters. The van der Waals surface area contributed by atoms with Crippen LogP contribution in [0.1, 0.15) is 43.4 Å². The van der Waals surface area contributed by atoms with Gasteiger partial charge in [-0.3, -0.25) is 0 Å². The fourth-order valence-corrected chi connectivity index (χ4v) is 2.89. The third-order valence-corrected chi connectivity index (χ3v) is 4.04. The SMILES string of the molecule is CCOCCCC(CC1OCCc2ccccc21)NC. The van der Waals surface area contributed by atoms with E-state index in [1.54, 1.807) is 0 Å². The van der Waals surface area contributed by atoms with E-state index >= 15 is 0 Å². The van der Waals surface area contributed by atoms with E-state index in [4.69, 9.17) is 9.47 Å². The molecule has 0 aliphatic carbocycles. The summed E-state index contributed by atoms with van der Waals surface area (Å²) in [5, 5.41) is 3.42. The number of nitrogens with one attached hydrogen (secondary N) is 1. The first-order valence-corrected chi connectivity index (χ1v) is 7.79. The van der Waals surface area contributed by atoms with Crippen LogP contribution in [0.3, 0.4) is 0 Å². The van der Waals surface area contributed by atoms with Gasteiger partial charge in [-0.05, 0) is 50.8 Å². The molecule has 20 heavy (non-hydrogen) atoms. The highest BCUT2D eigenvalue weighted by Gasteiger charge is 2.23. The Morgan fingerprint density at radius 2 is 2.25 bits per heavy atom. The number of ether oxygens (including phenoxy) is 2. The zero-order valence-corrected chi connectivity index (χ0v) is 12.7. The summed E-state index contributed by atoms with van der Waals surface area (Å²) in [6.45, 7) is 4.56. The number of rotatable bonds is 8. The van der Waals surface area contributed by atoms with E-state index in [-0.39, 0.29) is 6.10 Å². The van der Waals surface area contributed by atoms with Crippen molar-refractivity contribution in [3.05, 3.63) is 35.4 Å². The number of hydrogen-bond donors (Lipinski definition) is 1. The molecular formula is C17H27NO2. The first-order valence-electron chi connectivity index (χ1n) is 7.79. The van der Waals surface area contributed by atoms with Crippen LogP contribution in [0.4, 0.5) is 0 Å². The maximum Gasteiger partial charge on any atom is 0.0842 e. The molecule has 112 valence electrons. The molecule has 2 rings (SSSR count). The maximum atomic E-state index is 5.99. The van der Waals surface area contributed by atoms with Gasteiger partial charge in [-0.1, -0.05) is 24.3 Å². The predicted molar refractivity (Wildman–Crippen MR) is 82.0 cm³/mol. The van der Waals surface area contributed by atoms with E-state index in [1.807, 2.05) is 14.0 Å². The molecule has 0 spiro atoms. The standard InChI is InChI=1S/C17H27NO2/c1-3-19-11-6-8-15(18-2)13-17-16-9-5-4-7-14(16)10-12-20-17/h4-5,7,9,15,17-18H,3,6,8,10-13H2,1-2H3. The smallest absolute Gasteiger partial charge is 0.0842 e. The second-order valence-electron chi connectivity index (χ2n) is 5.37. The Bertz CT molecular complexity index is 394. The molecule has 3 nitrogen and oxygen atoms in total. The van der Waals surface area contributed by atoms with E-state index < -0.39 is 0 Å². The average molecular weight is 277 g/mol. The predicted octanol–water partition coefficient (Wildman–Crippen LogP) is 3.10. The molecule has 1 N–H and O–H groups in total. The zero-order chi connectivity index (χ0) is 14.2. The summed E-state index contributed by atoms with van der Waals surface area (Å²) in [5.74, 6) is 0. The van der Waals surface area contributed by atoms with Crippen LogP contribution in [0.15, 0.2) is 24.3 Å². The summed E-state index contributed by atoms with van der Waals surface area (Å²) in [4.78, 5) is 0. The number of fused-ring (bicyclic) bond motifs is 1. The molecule has 1 aliphatic rings. The van der Waals surface area contributed by atoms with Gasteiger partial charge in [0.15, 0.2) is 0 Å². The van der Waals surface area contributed by atoms with Gasteiger partial charge in [0.05, 0.1) is 12.7 Å². The lowest BCUT2D eigenvalue weighted by Gasteiger charge is -2.29. The van der Waals surface area contributed by atoms with E-state index in [2.05, 4.69) is 29.6 Å². The van der Waals surface area contributed by atoms with E-state index in [9.17, 15) is 0 Å². The lowest BCUT2D eigenvalue weighted by Crippen LogP contribution is -2.30. The highest BCUT2D eigenvalue weighted by atomic mass is 16.5. The van der Waals surface area contributed by atoms with Crippen molar-refractivity contribution in [1.82, 2.24) is 5.32 Å². The number of hydrogen-bond acceptors (Lipinski definition) is 3. The quantitative estimate of drug-likeness (QED) is 0.741. The molecule has 1 aromatic rings. The lowest BCUT2D eigenvalue weighted by molar-refractivity contribution is 0.0284. The molecule has 3 heteroatoms. The van der Waals surface area contributed by atoms with Crippen molar-refractivity contribution in [2.24, 2.45) is 0 Å². The second-order valence-corrected chi connectivity index (χ2v) is 5.37. The van der Waals surface area contributed by atoms with Crippen LogP contribution in [-0.4, -0.2) is 32.9 Å². The molecule has 0 fully saturated rings. The van der Waals surface area contributed by atoms with Crippen molar-refractivity contribution >= 4 is 0 Å². The van der Waals surface area contributed by atoms with Gasteiger partial charge in [0.1, 0.15) is 0 Å². The molecule has 1 heterocycles. The Labute approximate surface area is 122 Å². The highest BCUT2D eigenvalue weighted by Crippen LogP contribution is 2.31. The highest BCUT2D eigenvalue weighted by molar-refractivity contribution is 5.31. The number of benzene rings is 1. The van der Waals surface area contributed by atoms with Crippen LogP contribution in [0.5, 0.6) is 0 Å². The van der Waals surface area contributed by atoms with Gasteiger partial charge in [0.2, 0.25) is 0 Å². The van der Waals surface area contributed by atoms with Crippen LogP contribution in [0.2, 0.25) is 0 Å². The van der Waals surface area contributed by atoms with Crippen LogP contribution in [-0.2, 0) is 15.9 Å². The normalized spacial score (nSPS) is 19.6. The van der Waals surface area contributed by atoms with Crippen molar-refractivity contribution in [2.75, 3.05) is 26.9 Å². The van der Waals surface area contributed by atoms with Crippen LogP contribution < -0.4 is 5.32 Å². The zero-order valence-electron chi connectivity index (χ0n) is 12.7. The molecule has 1 aromatic carbocycles. The third-order valence-electron chi connectivity index (χ3n) is 4.04. The van der Waals surface area contributed by atoms with Gasteiger partial charge in [-0.2, -0.15) is 0 Å². The van der Waals surface area contributed by atoms with Gasteiger partial charge in [-0.25, -0.2) is 0 Å². The molecule has 0 aromatic heterocycles. The van der Waals surface area contributed by atoms with Crippen molar-refractivity contribution in [2.45, 2.75) is 44.8 Å².